The molecule has 9 heavy (non-hydrogen) atoms. The number of hydrogen-bond acceptors (Lipinski definition) is 0. The summed E-state index contributed by atoms with van der Waals surface area (Å²) in [6.07, 6.45) is 0. The second-order valence-electron chi connectivity index (χ2n) is 1.99. The van der Waals surface area contributed by atoms with Crippen molar-refractivity contribution in [3.8, 4) is 0 Å². The molecule has 0 spiro atoms. The highest BCUT2D eigenvalue weighted by Crippen LogP contribution is 1.94. The van der Waals surface area contributed by atoms with Crippen molar-refractivity contribution < 1.29 is 24.0 Å². The topological polar surface area (TPSA) is 0 Å². The second kappa shape index (κ2) is 4.24. The first-order valence-electron chi connectivity index (χ1n) is 2.67. The summed E-state index contributed by atoms with van der Waals surface area (Å²) in [5.41, 5.74) is 1.33. The van der Waals surface area contributed by atoms with E-state index < -0.39 is 0 Å². The van der Waals surface area contributed by atoms with Crippen molar-refractivity contribution in [1.82, 2.24) is 0 Å². The second-order valence-corrected chi connectivity index (χ2v) is 2.80. The molecule has 0 fully saturated rings. The maximum absolute atomic E-state index is 2.13. The lowest BCUT2D eigenvalue weighted by atomic mass is 10.2. The molecule has 0 N–H and O–H groups in total. The third-order valence-corrected chi connectivity index (χ3v) is 1.59. The first kappa shape index (κ1) is 9.38. The zero-order valence-electron chi connectivity index (χ0n) is 5.39. The number of halogens is 1. The van der Waals surface area contributed by atoms with Gasteiger partial charge in [-0.15, -0.1) is 0 Å². The Labute approximate surface area is 75.3 Å². The zero-order chi connectivity index (χ0) is 5.98. The van der Waals surface area contributed by atoms with Crippen LogP contribution in [-0.2, 0) is 0 Å². The highest BCUT2D eigenvalue weighted by atomic mass is 127. The minimum absolute atomic E-state index is 0. The lowest BCUT2D eigenvalue weighted by Gasteiger charge is -1.86. The van der Waals surface area contributed by atoms with Crippen LogP contribution in [0.5, 0.6) is 0 Å². The molecule has 0 aliphatic rings. The molecular weight excluding hydrogens is 242 g/mol. The van der Waals surface area contributed by atoms with E-state index in [1.807, 2.05) is 9.24 Å². The fourth-order valence-electron chi connectivity index (χ4n) is 0.588. The van der Waals surface area contributed by atoms with Gasteiger partial charge >= 0.3 is 0 Å². The average molecular weight is 252 g/mol. The van der Waals surface area contributed by atoms with E-state index in [4.69, 9.17) is 0 Å². The quantitative estimate of drug-likeness (QED) is 0.379. The summed E-state index contributed by atoms with van der Waals surface area (Å²) < 4.78 is 0. The summed E-state index contributed by atoms with van der Waals surface area (Å²) in [6, 6.07) is 8.52. The Morgan fingerprint density at radius 2 is 1.56 bits per heavy atom. The van der Waals surface area contributed by atoms with E-state index in [0.717, 1.165) is 0 Å². The summed E-state index contributed by atoms with van der Waals surface area (Å²) >= 11 is 0. The Bertz CT molecular complexity index is 148. The Kier molecular flexibility index (Phi) is 4.41. The first-order valence-corrected chi connectivity index (χ1v) is 3.38. The molecule has 50 valence electrons. The lowest BCUT2D eigenvalue weighted by Crippen LogP contribution is -3.00. The number of benzene rings is 1. The number of rotatable bonds is 0. The summed E-state index contributed by atoms with van der Waals surface area (Å²) in [6.45, 7) is 2.10. The normalized spacial score (nSPS) is 8.56. The van der Waals surface area contributed by atoms with Gasteiger partial charge in [0.25, 0.3) is 0 Å². The SMILES string of the molecule is Cc1ccc([PH3+])cc1.[I-]. The van der Waals surface area contributed by atoms with E-state index >= 15 is 0 Å². The number of aryl methyl sites for hydroxylation is 1. The highest BCUT2D eigenvalue weighted by molar-refractivity contribution is 7.27. The Hall–Kier alpha value is 0.380. The highest BCUT2D eigenvalue weighted by Gasteiger charge is 1.84. The van der Waals surface area contributed by atoms with E-state index in [-0.39, 0.29) is 24.0 Å². The minimum atomic E-state index is 0. The van der Waals surface area contributed by atoms with Gasteiger partial charge in [-0.05, 0) is 19.1 Å². The largest absolute Gasteiger partial charge is 1.00 e. The minimum Gasteiger partial charge on any atom is -1.00 e. The molecule has 0 heterocycles. The van der Waals surface area contributed by atoms with Crippen LogP contribution < -0.4 is 29.3 Å². The molecule has 1 aromatic carbocycles. The smallest absolute Gasteiger partial charge is 0.0865 e. The Balaban J connectivity index is 0.000000640. The third-order valence-electron chi connectivity index (χ3n) is 1.12. The van der Waals surface area contributed by atoms with Crippen LogP contribution in [0.25, 0.3) is 0 Å². The molecule has 0 saturated carbocycles. The molecule has 0 bridgehead atoms. The van der Waals surface area contributed by atoms with Gasteiger partial charge in [-0.1, -0.05) is 17.7 Å². The van der Waals surface area contributed by atoms with Crippen LogP contribution in [0.4, 0.5) is 0 Å². The van der Waals surface area contributed by atoms with Crippen LogP contribution >= 0.6 is 9.24 Å². The summed E-state index contributed by atoms with van der Waals surface area (Å²) in [4.78, 5) is 0. The molecule has 0 aliphatic carbocycles. The van der Waals surface area contributed by atoms with Crippen molar-refractivity contribution in [2.24, 2.45) is 0 Å². The van der Waals surface area contributed by atoms with Crippen LogP contribution in [0.15, 0.2) is 24.3 Å². The maximum atomic E-state index is 2.13. The molecule has 1 atom stereocenters. The van der Waals surface area contributed by atoms with Gasteiger partial charge in [0.15, 0.2) is 0 Å². The zero-order valence-corrected chi connectivity index (χ0v) is 8.97. The molecule has 0 aromatic heterocycles. The van der Waals surface area contributed by atoms with Gasteiger partial charge in [-0.2, -0.15) is 0 Å². The summed E-state index contributed by atoms with van der Waals surface area (Å²) in [5, 5.41) is 1.36. The lowest BCUT2D eigenvalue weighted by molar-refractivity contribution is -0.00000158. The van der Waals surface area contributed by atoms with Gasteiger partial charge in [0.05, 0.1) is 5.30 Å². The van der Waals surface area contributed by atoms with E-state index in [1.54, 1.807) is 0 Å². The fraction of sp³-hybridized carbons (Fsp3) is 0.143. The molecular formula is C7H10IP. The molecule has 1 rings (SSSR count). The van der Waals surface area contributed by atoms with Crippen molar-refractivity contribution in [3.05, 3.63) is 29.8 Å². The maximum Gasteiger partial charge on any atom is 0.0865 e. The van der Waals surface area contributed by atoms with Gasteiger partial charge in [-0.25, -0.2) is 0 Å². The summed E-state index contributed by atoms with van der Waals surface area (Å²) in [5.74, 6) is 0. The molecule has 0 nitrogen and oxygen atoms in total. The van der Waals surface area contributed by atoms with Gasteiger partial charge in [0, 0.05) is 9.24 Å². The van der Waals surface area contributed by atoms with Crippen LogP contribution in [0.3, 0.4) is 0 Å². The Morgan fingerprint density at radius 1 is 1.11 bits per heavy atom. The van der Waals surface area contributed by atoms with Gasteiger partial charge in [-0.3, -0.25) is 0 Å². The molecule has 0 amide bonds. The van der Waals surface area contributed by atoms with Crippen molar-refractivity contribution in [2.45, 2.75) is 6.92 Å². The fourth-order valence-corrected chi connectivity index (χ4v) is 0.824. The monoisotopic (exact) mass is 252 g/mol. The molecule has 0 radical (unpaired) electrons. The van der Waals surface area contributed by atoms with E-state index in [0.29, 0.717) is 0 Å². The van der Waals surface area contributed by atoms with Gasteiger partial charge in [0.1, 0.15) is 0 Å². The average Bonchev–Trinajstić information content (AvgIpc) is 1.77. The van der Waals surface area contributed by atoms with E-state index in [1.165, 1.54) is 10.9 Å². The molecule has 0 saturated heterocycles. The van der Waals surface area contributed by atoms with Crippen molar-refractivity contribution in [2.75, 3.05) is 0 Å². The van der Waals surface area contributed by atoms with Crippen molar-refractivity contribution in [1.29, 1.82) is 0 Å². The Morgan fingerprint density at radius 3 is 1.89 bits per heavy atom. The van der Waals surface area contributed by atoms with Crippen molar-refractivity contribution >= 4 is 14.5 Å². The van der Waals surface area contributed by atoms with E-state index in [2.05, 4.69) is 31.2 Å². The molecule has 1 unspecified atom stereocenters. The van der Waals surface area contributed by atoms with Crippen LogP contribution in [-0.4, -0.2) is 0 Å². The molecule has 1 aromatic rings. The van der Waals surface area contributed by atoms with Crippen LogP contribution in [0.2, 0.25) is 0 Å². The summed E-state index contributed by atoms with van der Waals surface area (Å²) in [7, 11) is 1.91. The standard InChI is InChI=1S/C7H9P.HI/c1-6-2-4-7(8)5-3-6;/h2-5H,8H2,1H3;1H. The predicted octanol–water partition coefficient (Wildman–Crippen LogP) is -1.77. The molecule has 2 heteroatoms. The van der Waals surface area contributed by atoms with E-state index in [9.17, 15) is 0 Å². The van der Waals surface area contributed by atoms with Crippen LogP contribution in [0, 0.1) is 6.92 Å². The van der Waals surface area contributed by atoms with Gasteiger partial charge < -0.3 is 24.0 Å². The molecule has 0 aliphatic heterocycles. The number of hydrogen-bond donors (Lipinski definition) is 0. The van der Waals surface area contributed by atoms with Crippen molar-refractivity contribution in [3.63, 3.8) is 0 Å². The first-order chi connectivity index (χ1) is 3.79. The third kappa shape index (κ3) is 3.17. The van der Waals surface area contributed by atoms with Crippen LogP contribution in [0.1, 0.15) is 5.56 Å². The predicted molar refractivity (Wildman–Crippen MR) is 41.9 cm³/mol. The van der Waals surface area contributed by atoms with Gasteiger partial charge in [0.2, 0.25) is 0 Å².